The number of nitrogens with zero attached hydrogens (tertiary/aromatic N) is 2. The van der Waals surface area contributed by atoms with Gasteiger partial charge in [0.15, 0.2) is 0 Å². The second-order valence-electron chi connectivity index (χ2n) is 2.37. The number of isocyanates is 2. The molecule has 0 atom stereocenters. The van der Waals surface area contributed by atoms with Gasteiger partial charge < -0.3 is 20.7 Å². The van der Waals surface area contributed by atoms with E-state index in [2.05, 4.69) is 6.92 Å². The van der Waals surface area contributed by atoms with Crippen LogP contribution in [0.1, 0.15) is 39.0 Å². The maximum Gasteiger partial charge on any atom is 0.0414 e. The van der Waals surface area contributed by atoms with Crippen LogP contribution in [0.15, 0.2) is 0 Å². The van der Waals surface area contributed by atoms with Crippen LogP contribution < -0.4 is 5.11 Å². The van der Waals surface area contributed by atoms with Crippen LogP contribution in [0, 0.1) is 0 Å². The molecule has 0 aromatic carbocycles. The zero-order chi connectivity index (χ0) is 12.5. The van der Waals surface area contributed by atoms with Crippen molar-refractivity contribution in [3.8, 4) is 0 Å². The molecule has 0 bridgehead atoms. The average Bonchev–Trinajstić information content (AvgIpc) is 2.15. The third-order valence-electron chi connectivity index (χ3n) is 1.23. The molecule has 0 aromatic rings. The summed E-state index contributed by atoms with van der Waals surface area (Å²) < 4.78 is 0. The fraction of sp³-hybridized carbons (Fsp3) is 0.667. The van der Waals surface area contributed by atoms with Gasteiger partial charge in [0.2, 0.25) is 0 Å². The third-order valence-corrected chi connectivity index (χ3v) is 1.23. The molecule has 6 heteroatoms. The summed E-state index contributed by atoms with van der Waals surface area (Å²) in [5, 5.41) is 23.4. The van der Waals surface area contributed by atoms with Crippen molar-refractivity contribution in [1.29, 1.82) is 0 Å². The standard InChI is InChI=1S/C7H14O2.2CNO/c1-2-3-4-5-6-7(8)9;2*2-1-3/h2-6H2,1H3,(H,8,9);;/q;2*-1/p-1. The van der Waals surface area contributed by atoms with Gasteiger partial charge in [-0.15, -0.1) is 0 Å². The number of unbranched alkanes of at least 4 members (excludes halogenated alkanes) is 3. The van der Waals surface area contributed by atoms with Crippen molar-refractivity contribution < 1.29 is 19.5 Å². The molecule has 0 aliphatic carbocycles. The van der Waals surface area contributed by atoms with E-state index < -0.39 is 5.97 Å². The molecule has 0 aromatic heterocycles. The SMILES string of the molecule is CCCCCCC(=O)[O-].[N-]=C=O.[N-]=C=O. The van der Waals surface area contributed by atoms with Gasteiger partial charge in [-0.3, -0.25) is 9.59 Å². The number of carboxylic acids is 1. The molecule has 0 radical (unpaired) electrons. The lowest BCUT2D eigenvalue weighted by molar-refractivity contribution is -0.305. The Balaban J connectivity index is -0.000000200. The van der Waals surface area contributed by atoms with Gasteiger partial charge in [0.25, 0.3) is 0 Å². The third kappa shape index (κ3) is 71.5. The van der Waals surface area contributed by atoms with E-state index in [1.807, 2.05) is 0 Å². The first-order valence-electron chi connectivity index (χ1n) is 4.32. The molecule has 0 heterocycles. The molecule has 0 aliphatic heterocycles. The zero-order valence-corrected chi connectivity index (χ0v) is 8.56. The number of rotatable bonds is 5. The second kappa shape index (κ2) is 22.8. The van der Waals surface area contributed by atoms with Crippen molar-refractivity contribution in [2.45, 2.75) is 39.0 Å². The lowest BCUT2D eigenvalue weighted by atomic mass is 10.2. The van der Waals surface area contributed by atoms with Gasteiger partial charge in [0.1, 0.15) is 0 Å². The lowest BCUT2D eigenvalue weighted by Crippen LogP contribution is -2.21. The van der Waals surface area contributed by atoms with Crippen LogP contribution in [-0.2, 0) is 14.4 Å². The van der Waals surface area contributed by atoms with Crippen molar-refractivity contribution in [3.63, 3.8) is 0 Å². The van der Waals surface area contributed by atoms with E-state index in [9.17, 15) is 9.90 Å². The van der Waals surface area contributed by atoms with Crippen LogP contribution in [0.5, 0.6) is 0 Å². The summed E-state index contributed by atoms with van der Waals surface area (Å²) in [4.78, 5) is 26.3. The van der Waals surface area contributed by atoms with Crippen molar-refractivity contribution in [2.24, 2.45) is 0 Å². The van der Waals surface area contributed by atoms with Crippen molar-refractivity contribution in [2.75, 3.05) is 0 Å². The highest BCUT2D eigenvalue weighted by atomic mass is 16.4. The Hall–Kier alpha value is -1.77. The summed E-state index contributed by atoms with van der Waals surface area (Å²) in [6, 6.07) is 0. The Morgan fingerprint density at radius 3 is 1.80 bits per heavy atom. The zero-order valence-electron chi connectivity index (χ0n) is 8.56. The molecule has 0 amide bonds. The van der Waals surface area contributed by atoms with Gasteiger partial charge in [-0.1, -0.05) is 26.2 Å². The summed E-state index contributed by atoms with van der Waals surface area (Å²) in [6.45, 7) is 2.10. The number of hydrogen-bond acceptors (Lipinski definition) is 4. The molecule has 0 spiro atoms. The monoisotopic (exact) mass is 213 g/mol. The lowest BCUT2D eigenvalue weighted by Gasteiger charge is -1.99. The van der Waals surface area contributed by atoms with E-state index in [-0.39, 0.29) is 6.42 Å². The summed E-state index contributed by atoms with van der Waals surface area (Å²) in [5.41, 5.74) is 0. The summed E-state index contributed by atoms with van der Waals surface area (Å²) in [6.07, 6.45) is 5.29. The minimum atomic E-state index is -0.925. The quantitative estimate of drug-likeness (QED) is 0.375. The number of hydrogen-bond donors (Lipinski definition) is 0. The average molecular weight is 213 g/mol. The Morgan fingerprint density at radius 2 is 1.53 bits per heavy atom. The Labute approximate surface area is 88.3 Å². The molecule has 0 N–H and O–H groups in total. The molecule has 0 fully saturated rings. The largest absolute Gasteiger partial charge is 0.724 e. The molecule has 6 nitrogen and oxygen atoms in total. The maximum atomic E-state index is 9.85. The first kappa shape index (κ1) is 18.9. The van der Waals surface area contributed by atoms with Gasteiger partial charge in [0.05, 0.1) is 0 Å². The second-order valence-corrected chi connectivity index (χ2v) is 2.37. The van der Waals surface area contributed by atoms with Gasteiger partial charge in [-0.2, -0.15) is 0 Å². The van der Waals surface area contributed by atoms with E-state index in [1.165, 1.54) is 0 Å². The fourth-order valence-corrected chi connectivity index (χ4v) is 0.696. The van der Waals surface area contributed by atoms with Crippen LogP contribution in [0.4, 0.5) is 0 Å². The minimum Gasteiger partial charge on any atom is -0.724 e. The van der Waals surface area contributed by atoms with Crippen LogP contribution >= 0.6 is 0 Å². The van der Waals surface area contributed by atoms with Gasteiger partial charge >= 0.3 is 0 Å². The van der Waals surface area contributed by atoms with Gasteiger partial charge in [-0.05, 0) is 25.0 Å². The van der Waals surface area contributed by atoms with E-state index in [4.69, 9.17) is 20.4 Å². The molecule has 0 saturated carbocycles. The predicted octanol–water partition coefficient (Wildman–Crippen LogP) is 0.490. The first-order valence-corrected chi connectivity index (χ1v) is 4.32. The maximum absolute atomic E-state index is 9.85. The van der Waals surface area contributed by atoms with Crippen molar-refractivity contribution in [1.82, 2.24) is 0 Å². The van der Waals surface area contributed by atoms with Gasteiger partial charge in [0, 0.05) is 5.97 Å². The number of carbonyl (C=O) groups excluding carboxylic acids is 3. The summed E-state index contributed by atoms with van der Waals surface area (Å²) in [7, 11) is 0. The molecule has 15 heavy (non-hydrogen) atoms. The number of aliphatic carboxylic acids is 1. The summed E-state index contributed by atoms with van der Waals surface area (Å²) >= 11 is 0. The molecule has 0 aliphatic rings. The van der Waals surface area contributed by atoms with Crippen LogP contribution in [0.3, 0.4) is 0 Å². The highest BCUT2D eigenvalue weighted by Crippen LogP contribution is 2.00. The first-order chi connectivity index (χ1) is 7.10. The molecule has 0 saturated heterocycles. The Morgan fingerprint density at radius 1 is 1.13 bits per heavy atom. The molecule has 86 valence electrons. The Kier molecular flexibility index (Phi) is 28.7. The number of carbonyl (C=O) groups is 1. The highest BCUT2D eigenvalue weighted by Gasteiger charge is 1.86. The number of carboxylic acid groups (broad SMARTS) is 1. The molecule has 0 unspecified atom stereocenters. The fourth-order valence-electron chi connectivity index (χ4n) is 0.696. The molecule has 0 rings (SSSR count). The van der Waals surface area contributed by atoms with Gasteiger partial charge in [-0.25, -0.2) is 0 Å². The van der Waals surface area contributed by atoms with Crippen LogP contribution in [-0.4, -0.2) is 18.1 Å². The normalized spacial score (nSPS) is 6.73. The van der Waals surface area contributed by atoms with E-state index in [1.54, 1.807) is 0 Å². The van der Waals surface area contributed by atoms with Crippen molar-refractivity contribution in [3.05, 3.63) is 10.8 Å². The topological polar surface area (TPSA) is 119 Å². The molecular formula is C9H13N2O4-3. The highest BCUT2D eigenvalue weighted by molar-refractivity contribution is 5.63. The van der Waals surface area contributed by atoms with E-state index in [0.29, 0.717) is 12.2 Å². The Bertz CT molecular complexity index is 192. The predicted molar refractivity (Wildman–Crippen MR) is 51.9 cm³/mol. The van der Waals surface area contributed by atoms with Crippen LogP contribution in [0.2, 0.25) is 0 Å². The van der Waals surface area contributed by atoms with Crippen molar-refractivity contribution >= 4 is 18.1 Å². The van der Waals surface area contributed by atoms with Crippen LogP contribution in [0.25, 0.3) is 10.8 Å². The minimum absolute atomic E-state index is 0.222. The van der Waals surface area contributed by atoms with E-state index in [0.717, 1.165) is 25.7 Å². The summed E-state index contributed by atoms with van der Waals surface area (Å²) in [5.74, 6) is -0.925. The molecular weight excluding hydrogens is 200 g/mol. The smallest absolute Gasteiger partial charge is 0.0414 e. The van der Waals surface area contributed by atoms with E-state index >= 15 is 0 Å².